The molecule has 2 aromatic carbocycles. The Kier molecular flexibility index (Phi) is 6.14. The Morgan fingerprint density at radius 2 is 2.04 bits per heavy atom. The van der Waals surface area contributed by atoms with E-state index in [1.165, 1.54) is 0 Å². The number of rotatable bonds is 9. The van der Waals surface area contributed by atoms with E-state index in [2.05, 4.69) is 11.6 Å². The molecule has 0 spiro atoms. The Bertz CT molecular complexity index is 917. The first-order valence-corrected chi connectivity index (χ1v) is 9.21. The highest BCUT2D eigenvalue weighted by molar-refractivity contribution is 5.76. The van der Waals surface area contributed by atoms with Gasteiger partial charge in [-0.1, -0.05) is 31.2 Å². The zero-order valence-corrected chi connectivity index (χ0v) is 15.9. The summed E-state index contributed by atoms with van der Waals surface area (Å²) < 4.78 is 13.5. The van der Waals surface area contributed by atoms with Crippen molar-refractivity contribution in [3.63, 3.8) is 0 Å². The molecule has 0 radical (unpaired) electrons. The normalized spacial score (nSPS) is 12.1. The van der Waals surface area contributed by atoms with Crippen LogP contribution < -0.4 is 9.47 Å². The van der Waals surface area contributed by atoms with Gasteiger partial charge < -0.3 is 19.1 Å². The monoisotopic (exact) mass is 366 g/mol. The number of imidazole rings is 1. The molecule has 3 rings (SSSR count). The van der Waals surface area contributed by atoms with Crippen LogP contribution in [0.25, 0.3) is 11.0 Å². The maximum atomic E-state index is 10.3. The molecule has 0 aliphatic carbocycles. The topological polar surface area (TPSA) is 56.5 Å². The lowest BCUT2D eigenvalue weighted by molar-refractivity contribution is 0.157. The molecule has 5 heteroatoms. The molecule has 1 atom stereocenters. The molecule has 1 N–H and O–H groups in total. The number of benzene rings is 2. The summed E-state index contributed by atoms with van der Waals surface area (Å²) in [6.07, 6.45) is 2.67. The Balaban J connectivity index is 1.78. The van der Waals surface area contributed by atoms with Crippen molar-refractivity contribution >= 4 is 11.0 Å². The molecular weight excluding hydrogens is 340 g/mol. The number of aliphatic hydroxyl groups is 1. The van der Waals surface area contributed by atoms with Gasteiger partial charge in [0.1, 0.15) is 18.5 Å². The lowest BCUT2D eigenvalue weighted by Gasteiger charge is -2.15. The number of fused-ring (bicyclic) bond motifs is 1. The highest BCUT2D eigenvalue weighted by Gasteiger charge is 2.16. The van der Waals surface area contributed by atoms with E-state index in [0.29, 0.717) is 36.9 Å². The number of methoxy groups -OCH3 is 1. The number of para-hydroxylation sites is 2. The minimum Gasteiger partial charge on any atom is -0.493 e. The molecule has 0 amide bonds. The standard InChI is InChI=1S/C22H26N2O3/c1-4-8-16-11-12-20(21(15-16)26-3)27-14-13-24-18-10-7-6-9-17(18)23-22(24)19(25)5-2/h4,6-7,9-12,15,19,25H,1,5,8,13-14H2,2-3H3/t19-/m0/s1. The van der Waals surface area contributed by atoms with E-state index in [0.717, 1.165) is 23.0 Å². The SMILES string of the molecule is C=CCc1ccc(OCCn2c([C@@H](O)CC)nc3ccccc32)c(OC)c1. The first-order valence-electron chi connectivity index (χ1n) is 9.21. The van der Waals surface area contributed by atoms with Gasteiger partial charge in [0, 0.05) is 0 Å². The average Bonchev–Trinajstić information content (AvgIpc) is 3.07. The third-order valence-electron chi connectivity index (χ3n) is 4.55. The van der Waals surface area contributed by atoms with E-state index in [4.69, 9.17) is 9.47 Å². The third-order valence-corrected chi connectivity index (χ3v) is 4.55. The maximum absolute atomic E-state index is 10.3. The van der Waals surface area contributed by atoms with Gasteiger partial charge >= 0.3 is 0 Å². The fraction of sp³-hybridized carbons (Fsp3) is 0.318. The summed E-state index contributed by atoms with van der Waals surface area (Å²) >= 11 is 0. The van der Waals surface area contributed by atoms with Crippen molar-refractivity contribution in [2.75, 3.05) is 13.7 Å². The highest BCUT2D eigenvalue weighted by Crippen LogP contribution is 2.29. The molecule has 0 aliphatic rings. The summed E-state index contributed by atoms with van der Waals surface area (Å²) in [4.78, 5) is 4.60. The Labute approximate surface area is 159 Å². The lowest BCUT2D eigenvalue weighted by Crippen LogP contribution is -2.14. The molecule has 0 bridgehead atoms. The fourth-order valence-electron chi connectivity index (χ4n) is 3.14. The van der Waals surface area contributed by atoms with Gasteiger partial charge in [0.2, 0.25) is 0 Å². The average molecular weight is 366 g/mol. The molecule has 0 saturated heterocycles. The minimum atomic E-state index is -0.592. The van der Waals surface area contributed by atoms with Crippen molar-refractivity contribution in [3.8, 4) is 11.5 Å². The van der Waals surface area contributed by atoms with Gasteiger partial charge in [0.15, 0.2) is 11.5 Å². The summed E-state index contributed by atoms with van der Waals surface area (Å²) in [5.41, 5.74) is 3.01. The van der Waals surface area contributed by atoms with Crippen LogP contribution in [0.15, 0.2) is 55.1 Å². The molecule has 0 saturated carbocycles. The minimum absolute atomic E-state index is 0.445. The van der Waals surface area contributed by atoms with Crippen LogP contribution >= 0.6 is 0 Å². The van der Waals surface area contributed by atoms with Crippen molar-refractivity contribution in [2.45, 2.75) is 32.4 Å². The van der Waals surface area contributed by atoms with Crippen molar-refractivity contribution in [2.24, 2.45) is 0 Å². The smallest absolute Gasteiger partial charge is 0.161 e. The summed E-state index contributed by atoms with van der Waals surface area (Å²) in [6.45, 7) is 6.74. The predicted molar refractivity (Wildman–Crippen MR) is 107 cm³/mol. The van der Waals surface area contributed by atoms with E-state index in [9.17, 15) is 5.11 Å². The molecule has 1 aromatic heterocycles. The van der Waals surface area contributed by atoms with Crippen LogP contribution in [0, 0.1) is 0 Å². The molecule has 1 heterocycles. The van der Waals surface area contributed by atoms with E-state index in [1.54, 1.807) is 7.11 Å². The van der Waals surface area contributed by atoms with Crippen LogP contribution in [0.5, 0.6) is 11.5 Å². The number of hydrogen-bond acceptors (Lipinski definition) is 4. The first-order chi connectivity index (χ1) is 13.2. The van der Waals surface area contributed by atoms with Gasteiger partial charge in [-0.2, -0.15) is 0 Å². The quantitative estimate of drug-likeness (QED) is 0.574. The number of allylic oxidation sites excluding steroid dienone is 1. The summed E-state index contributed by atoms with van der Waals surface area (Å²) in [5.74, 6) is 2.08. The second kappa shape index (κ2) is 8.73. The molecule has 5 nitrogen and oxygen atoms in total. The number of nitrogens with zero attached hydrogens (tertiary/aromatic N) is 2. The van der Waals surface area contributed by atoms with Gasteiger partial charge in [-0.3, -0.25) is 0 Å². The molecule has 27 heavy (non-hydrogen) atoms. The van der Waals surface area contributed by atoms with Crippen LogP contribution in [0.3, 0.4) is 0 Å². The van der Waals surface area contributed by atoms with Gasteiger partial charge in [-0.15, -0.1) is 6.58 Å². The van der Waals surface area contributed by atoms with Crippen molar-refractivity contribution < 1.29 is 14.6 Å². The van der Waals surface area contributed by atoms with E-state index >= 15 is 0 Å². The second-order valence-electron chi connectivity index (χ2n) is 6.36. The Morgan fingerprint density at radius 1 is 1.22 bits per heavy atom. The largest absolute Gasteiger partial charge is 0.493 e. The Hall–Kier alpha value is -2.79. The second-order valence-corrected chi connectivity index (χ2v) is 6.36. The summed E-state index contributed by atoms with van der Waals surface area (Å²) in [6, 6.07) is 13.8. The van der Waals surface area contributed by atoms with Crippen LogP contribution in [0.1, 0.15) is 30.8 Å². The number of aliphatic hydroxyl groups excluding tert-OH is 1. The maximum Gasteiger partial charge on any atom is 0.161 e. The number of hydrogen-bond donors (Lipinski definition) is 1. The van der Waals surface area contributed by atoms with Gasteiger partial charge in [0.25, 0.3) is 0 Å². The van der Waals surface area contributed by atoms with Crippen LogP contribution in [0.2, 0.25) is 0 Å². The van der Waals surface area contributed by atoms with Crippen molar-refractivity contribution in [1.29, 1.82) is 0 Å². The predicted octanol–water partition coefficient (Wildman–Crippen LogP) is 4.30. The zero-order chi connectivity index (χ0) is 19.2. The molecule has 0 unspecified atom stereocenters. The van der Waals surface area contributed by atoms with Crippen LogP contribution in [0.4, 0.5) is 0 Å². The molecule has 0 fully saturated rings. The highest BCUT2D eigenvalue weighted by atomic mass is 16.5. The molecule has 0 aliphatic heterocycles. The molecule has 142 valence electrons. The van der Waals surface area contributed by atoms with E-state index in [1.807, 2.05) is 60.0 Å². The first kappa shape index (κ1) is 19.0. The number of aromatic nitrogens is 2. The van der Waals surface area contributed by atoms with Gasteiger partial charge in [-0.25, -0.2) is 4.98 Å². The van der Waals surface area contributed by atoms with Crippen molar-refractivity contribution in [1.82, 2.24) is 9.55 Å². The lowest BCUT2D eigenvalue weighted by atomic mass is 10.1. The van der Waals surface area contributed by atoms with Crippen LogP contribution in [-0.2, 0) is 13.0 Å². The van der Waals surface area contributed by atoms with Gasteiger partial charge in [0.05, 0.1) is 24.7 Å². The van der Waals surface area contributed by atoms with Gasteiger partial charge in [-0.05, 0) is 42.7 Å². The zero-order valence-electron chi connectivity index (χ0n) is 15.9. The molecular formula is C22H26N2O3. The van der Waals surface area contributed by atoms with Crippen molar-refractivity contribution in [3.05, 3.63) is 66.5 Å². The van der Waals surface area contributed by atoms with Crippen LogP contribution in [-0.4, -0.2) is 28.4 Å². The molecule has 3 aromatic rings. The third kappa shape index (κ3) is 4.14. The fourth-order valence-corrected chi connectivity index (χ4v) is 3.14. The number of ether oxygens (including phenoxy) is 2. The van der Waals surface area contributed by atoms with E-state index < -0.39 is 6.10 Å². The van der Waals surface area contributed by atoms with E-state index in [-0.39, 0.29) is 0 Å². The Morgan fingerprint density at radius 3 is 2.78 bits per heavy atom. The summed E-state index contributed by atoms with van der Waals surface area (Å²) in [7, 11) is 1.64. The summed E-state index contributed by atoms with van der Waals surface area (Å²) in [5, 5.41) is 10.3.